The van der Waals surface area contributed by atoms with Crippen LogP contribution in [0, 0.1) is 12.7 Å². The van der Waals surface area contributed by atoms with Crippen molar-refractivity contribution in [3.8, 4) is 11.1 Å². The molecule has 0 amide bonds. The van der Waals surface area contributed by atoms with Gasteiger partial charge in [-0.1, -0.05) is 36.9 Å². The van der Waals surface area contributed by atoms with Crippen LogP contribution in [0.3, 0.4) is 0 Å². The van der Waals surface area contributed by atoms with E-state index in [0.717, 1.165) is 11.1 Å². The van der Waals surface area contributed by atoms with E-state index in [9.17, 15) is 4.39 Å². The van der Waals surface area contributed by atoms with Gasteiger partial charge in [-0.05, 0) is 24.1 Å². The maximum absolute atomic E-state index is 14.3. The first-order chi connectivity index (χ1) is 9.22. The van der Waals surface area contributed by atoms with Gasteiger partial charge in [-0.25, -0.2) is 4.39 Å². The lowest BCUT2D eigenvalue weighted by atomic mass is 9.95. The Morgan fingerprint density at radius 1 is 1.21 bits per heavy atom. The molecule has 92 valence electrons. The number of aliphatic imine (C=N–C) groups is 2. The summed E-state index contributed by atoms with van der Waals surface area (Å²) in [6.07, 6.45) is 1.70. The monoisotopic (exact) mass is 250 g/mol. The van der Waals surface area contributed by atoms with E-state index in [2.05, 4.69) is 22.6 Å². The Morgan fingerprint density at radius 2 is 2.05 bits per heavy atom. The van der Waals surface area contributed by atoms with Gasteiger partial charge in [-0.3, -0.25) is 0 Å². The third-order valence-electron chi connectivity index (χ3n) is 3.20. The second kappa shape index (κ2) is 4.30. The Labute approximate surface area is 110 Å². The zero-order valence-electron chi connectivity index (χ0n) is 10.4. The lowest BCUT2D eigenvalue weighted by molar-refractivity contribution is 0.622. The maximum Gasteiger partial charge on any atom is 0.134 e. The Kier molecular flexibility index (Phi) is 2.62. The van der Waals surface area contributed by atoms with Crippen LogP contribution in [0.4, 0.5) is 15.8 Å². The van der Waals surface area contributed by atoms with Gasteiger partial charge in [-0.15, -0.1) is 0 Å². The number of benzene rings is 2. The molecule has 0 atom stereocenters. The molecule has 1 heterocycles. The molecule has 19 heavy (non-hydrogen) atoms. The minimum atomic E-state index is -0.235. The topological polar surface area (TPSA) is 24.7 Å². The van der Waals surface area contributed by atoms with E-state index in [1.165, 1.54) is 0 Å². The van der Waals surface area contributed by atoms with Crippen LogP contribution in [-0.4, -0.2) is 6.01 Å². The van der Waals surface area contributed by atoms with Gasteiger partial charge in [0.25, 0.3) is 0 Å². The lowest BCUT2D eigenvalue weighted by Gasteiger charge is -2.12. The minimum Gasteiger partial charge on any atom is -0.206 e. The average Bonchev–Trinajstić information content (AvgIpc) is 2.89. The van der Waals surface area contributed by atoms with Crippen molar-refractivity contribution in [3.05, 3.63) is 53.9 Å². The van der Waals surface area contributed by atoms with Crippen molar-refractivity contribution in [3.63, 3.8) is 0 Å². The van der Waals surface area contributed by atoms with Crippen molar-refractivity contribution >= 4 is 23.5 Å². The molecule has 2 aromatic rings. The quantitative estimate of drug-likeness (QED) is 0.618. The summed E-state index contributed by atoms with van der Waals surface area (Å²) in [5.74, 6) is -0.235. The maximum atomic E-state index is 14.3. The van der Waals surface area contributed by atoms with E-state index < -0.39 is 0 Å². The summed E-state index contributed by atoms with van der Waals surface area (Å²) in [5.41, 5.74) is 4.05. The standard InChI is InChI=1S/C16H11FN2/c1-3-11-7-8-13-16(19-9-18-13)14(11)12-6-4-5-10(2)15(12)17/h3-8H,1H2,2H3. The number of halogens is 1. The lowest BCUT2D eigenvalue weighted by Crippen LogP contribution is -1.91. The van der Waals surface area contributed by atoms with Crippen molar-refractivity contribution in [1.82, 2.24) is 0 Å². The van der Waals surface area contributed by atoms with Crippen molar-refractivity contribution < 1.29 is 4.39 Å². The van der Waals surface area contributed by atoms with Crippen LogP contribution >= 0.6 is 0 Å². The number of hydrogen-bond donors (Lipinski definition) is 0. The van der Waals surface area contributed by atoms with Crippen LogP contribution in [0.5, 0.6) is 0 Å². The number of rotatable bonds is 2. The normalized spacial score (nSPS) is 11.7. The molecule has 0 fully saturated rings. The summed E-state index contributed by atoms with van der Waals surface area (Å²) in [4.78, 5) is 8.16. The van der Waals surface area contributed by atoms with Crippen molar-refractivity contribution in [2.24, 2.45) is 9.98 Å². The van der Waals surface area contributed by atoms with Gasteiger partial charge in [-0.2, -0.15) is 9.98 Å². The van der Waals surface area contributed by atoms with Crippen molar-refractivity contribution in [2.45, 2.75) is 6.92 Å². The van der Waals surface area contributed by atoms with Crippen molar-refractivity contribution in [1.29, 1.82) is 0 Å². The molecule has 0 radical (unpaired) electrons. The highest BCUT2D eigenvalue weighted by Gasteiger charge is 2.18. The zero-order chi connectivity index (χ0) is 13.4. The SMILES string of the molecule is C=Cc1ccc2c(c1-c1cccc(C)c1F)N=C=N2. The molecule has 3 rings (SSSR count). The molecule has 0 spiro atoms. The molecule has 0 aliphatic carbocycles. The van der Waals surface area contributed by atoms with Crippen LogP contribution in [0.1, 0.15) is 11.1 Å². The fraction of sp³-hybridized carbons (Fsp3) is 0.0625. The predicted molar refractivity (Wildman–Crippen MR) is 75.8 cm³/mol. The van der Waals surface area contributed by atoms with Gasteiger partial charge in [0.1, 0.15) is 23.2 Å². The number of nitrogens with zero attached hydrogens (tertiary/aromatic N) is 2. The van der Waals surface area contributed by atoms with Gasteiger partial charge in [0.2, 0.25) is 0 Å². The highest BCUT2D eigenvalue weighted by atomic mass is 19.1. The third-order valence-corrected chi connectivity index (χ3v) is 3.20. The summed E-state index contributed by atoms with van der Waals surface area (Å²) in [6.45, 7) is 5.52. The average molecular weight is 250 g/mol. The smallest absolute Gasteiger partial charge is 0.134 e. The van der Waals surface area contributed by atoms with E-state index in [0.29, 0.717) is 22.5 Å². The molecule has 1 aliphatic heterocycles. The fourth-order valence-corrected chi connectivity index (χ4v) is 2.22. The number of hydrogen-bond acceptors (Lipinski definition) is 2. The Balaban J connectivity index is 2.37. The first kappa shape index (κ1) is 11.6. The summed E-state index contributed by atoms with van der Waals surface area (Å²) in [6, 6.07) is 11.6. The van der Waals surface area contributed by atoms with Gasteiger partial charge in [0.15, 0.2) is 0 Å². The predicted octanol–water partition coefficient (Wildman–Crippen LogP) is 4.89. The third kappa shape index (κ3) is 1.72. The van der Waals surface area contributed by atoms with Crippen LogP contribution in [-0.2, 0) is 0 Å². The van der Waals surface area contributed by atoms with E-state index in [1.807, 2.05) is 18.2 Å². The number of aryl methyl sites for hydroxylation is 1. The molecule has 2 aromatic carbocycles. The van der Waals surface area contributed by atoms with E-state index in [4.69, 9.17) is 0 Å². The summed E-state index contributed by atoms with van der Waals surface area (Å²) in [7, 11) is 0. The van der Waals surface area contributed by atoms with Gasteiger partial charge in [0.05, 0.1) is 0 Å². The van der Waals surface area contributed by atoms with Crippen LogP contribution in [0.2, 0.25) is 0 Å². The second-order valence-corrected chi connectivity index (χ2v) is 4.36. The largest absolute Gasteiger partial charge is 0.206 e. The number of fused-ring (bicyclic) bond motifs is 1. The van der Waals surface area contributed by atoms with Crippen molar-refractivity contribution in [2.75, 3.05) is 0 Å². The highest BCUT2D eigenvalue weighted by Crippen LogP contribution is 2.43. The fourth-order valence-electron chi connectivity index (χ4n) is 2.22. The Bertz CT molecular complexity index is 754. The molecular formula is C16H11FN2. The highest BCUT2D eigenvalue weighted by molar-refractivity contribution is 5.94. The zero-order valence-corrected chi connectivity index (χ0v) is 10.4. The van der Waals surface area contributed by atoms with Gasteiger partial charge in [0, 0.05) is 11.1 Å². The van der Waals surface area contributed by atoms with E-state index >= 15 is 0 Å². The molecule has 2 nitrogen and oxygen atoms in total. The molecular weight excluding hydrogens is 239 g/mol. The summed E-state index contributed by atoms with van der Waals surface area (Å²) >= 11 is 0. The molecule has 0 unspecified atom stereocenters. The molecule has 1 aliphatic rings. The van der Waals surface area contributed by atoms with Crippen LogP contribution in [0.15, 0.2) is 46.9 Å². The Hall–Kier alpha value is -2.51. The van der Waals surface area contributed by atoms with Gasteiger partial charge >= 0.3 is 0 Å². The molecule has 0 saturated carbocycles. The molecule has 0 aromatic heterocycles. The first-order valence-corrected chi connectivity index (χ1v) is 5.94. The minimum absolute atomic E-state index is 0.235. The molecule has 0 N–H and O–H groups in total. The van der Waals surface area contributed by atoms with E-state index in [-0.39, 0.29) is 5.82 Å². The second-order valence-electron chi connectivity index (χ2n) is 4.36. The molecule has 0 saturated heterocycles. The summed E-state index contributed by atoms with van der Waals surface area (Å²) < 4.78 is 14.3. The first-order valence-electron chi connectivity index (χ1n) is 5.94. The molecule has 0 bridgehead atoms. The van der Waals surface area contributed by atoms with Gasteiger partial charge < -0.3 is 0 Å². The van der Waals surface area contributed by atoms with Crippen LogP contribution in [0.25, 0.3) is 17.2 Å². The molecule has 3 heteroatoms. The Morgan fingerprint density at radius 3 is 2.84 bits per heavy atom. The van der Waals surface area contributed by atoms with E-state index in [1.54, 1.807) is 25.1 Å². The summed E-state index contributed by atoms with van der Waals surface area (Å²) in [5, 5.41) is 0. The van der Waals surface area contributed by atoms with Crippen LogP contribution < -0.4 is 0 Å².